The molecule has 6 nitrogen and oxygen atoms in total. The molecule has 1 N–H and O–H groups in total. The fourth-order valence-electron chi connectivity index (χ4n) is 3.19. The number of hydrogen-bond acceptors (Lipinski definition) is 4. The van der Waals surface area contributed by atoms with E-state index in [0.717, 1.165) is 24.9 Å². The summed E-state index contributed by atoms with van der Waals surface area (Å²) in [7, 11) is 0. The number of ether oxygens (including phenoxy) is 1. The molecule has 2 amide bonds. The molecule has 1 saturated heterocycles. The maximum absolute atomic E-state index is 12.3. The Hall–Kier alpha value is -3.15. The number of benzene rings is 2. The van der Waals surface area contributed by atoms with Gasteiger partial charge in [-0.15, -0.1) is 0 Å². The van der Waals surface area contributed by atoms with Gasteiger partial charge in [0, 0.05) is 25.2 Å². The second kappa shape index (κ2) is 9.37. The highest BCUT2D eigenvalue weighted by Gasteiger charge is 2.21. The lowest BCUT2D eigenvalue weighted by atomic mass is 10.1. The molecule has 1 fully saturated rings. The Morgan fingerprint density at radius 2 is 1.72 bits per heavy atom. The van der Waals surface area contributed by atoms with Gasteiger partial charge in [-0.2, -0.15) is 0 Å². The Labute approximate surface area is 170 Å². The standard InChI is InChI=1S/C23H26N2O4/c1-3-17-8-12-20(13-9-17)24-22(27)16(2)29-23(28)19-10-6-18(7-11-19)15-25-14-4-5-21(25)26/h6-13,16H,3-5,14-15H2,1-2H3,(H,24,27). The third kappa shape index (κ3) is 5.44. The molecule has 1 heterocycles. The normalized spacial score (nSPS) is 14.6. The average molecular weight is 394 g/mol. The van der Waals surface area contributed by atoms with Crippen molar-refractivity contribution in [3.05, 3.63) is 65.2 Å². The van der Waals surface area contributed by atoms with Crippen molar-refractivity contribution in [3.8, 4) is 0 Å². The van der Waals surface area contributed by atoms with E-state index in [9.17, 15) is 14.4 Å². The van der Waals surface area contributed by atoms with E-state index in [1.807, 2.05) is 41.3 Å². The summed E-state index contributed by atoms with van der Waals surface area (Å²) in [6.45, 7) is 4.93. The molecule has 0 spiro atoms. The van der Waals surface area contributed by atoms with Gasteiger partial charge in [-0.25, -0.2) is 4.79 Å². The molecule has 1 unspecified atom stereocenters. The quantitative estimate of drug-likeness (QED) is 0.729. The number of amides is 2. The molecule has 6 heteroatoms. The van der Waals surface area contributed by atoms with Gasteiger partial charge in [0.25, 0.3) is 5.91 Å². The fourth-order valence-corrected chi connectivity index (χ4v) is 3.19. The Morgan fingerprint density at radius 3 is 2.31 bits per heavy atom. The van der Waals surface area contributed by atoms with Crippen LogP contribution in [0.1, 0.15) is 48.2 Å². The minimum Gasteiger partial charge on any atom is -0.449 e. The summed E-state index contributed by atoms with van der Waals surface area (Å²) in [5, 5.41) is 2.75. The third-order valence-electron chi connectivity index (χ3n) is 5.02. The highest BCUT2D eigenvalue weighted by molar-refractivity contribution is 5.97. The van der Waals surface area contributed by atoms with Crippen LogP contribution in [0.4, 0.5) is 5.69 Å². The number of nitrogens with one attached hydrogen (secondary N) is 1. The molecule has 0 radical (unpaired) electrons. The number of aryl methyl sites for hydroxylation is 1. The Kier molecular flexibility index (Phi) is 6.65. The van der Waals surface area contributed by atoms with Crippen molar-refractivity contribution < 1.29 is 19.1 Å². The van der Waals surface area contributed by atoms with E-state index in [2.05, 4.69) is 12.2 Å². The maximum Gasteiger partial charge on any atom is 0.338 e. The van der Waals surface area contributed by atoms with Crippen molar-refractivity contribution >= 4 is 23.5 Å². The van der Waals surface area contributed by atoms with E-state index in [1.165, 1.54) is 5.56 Å². The smallest absolute Gasteiger partial charge is 0.338 e. The van der Waals surface area contributed by atoms with E-state index in [1.54, 1.807) is 19.1 Å². The van der Waals surface area contributed by atoms with Gasteiger partial charge in [-0.3, -0.25) is 9.59 Å². The number of hydrogen-bond donors (Lipinski definition) is 1. The molecule has 1 aliphatic heterocycles. The predicted octanol–water partition coefficient (Wildman–Crippen LogP) is 3.56. The van der Waals surface area contributed by atoms with Gasteiger partial charge in [-0.1, -0.05) is 31.2 Å². The van der Waals surface area contributed by atoms with Gasteiger partial charge in [0.2, 0.25) is 5.91 Å². The van der Waals surface area contributed by atoms with E-state index in [0.29, 0.717) is 24.2 Å². The second-order valence-corrected chi connectivity index (χ2v) is 7.20. The zero-order valence-corrected chi connectivity index (χ0v) is 16.8. The topological polar surface area (TPSA) is 75.7 Å². The lowest BCUT2D eigenvalue weighted by Gasteiger charge is -2.16. The van der Waals surface area contributed by atoms with E-state index in [-0.39, 0.29) is 11.8 Å². The Morgan fingerprint density at radius 1 is 1.07 bits per heavy atom. The molecule has 1 aliphatic rings. The molecule has 3 rings (SSSR count). The number of carbonyl (C=O) groups excluding carboxylic acids is 3. The van der Waals surface area contributed by atoms with Crippen molar-refractivity contribution in [3.63, 3.8) is 0 Å². The van der Waals surface area contributed by atoms with Crippen LogP contribution in [0, 0.1) is 0 Å². The molecule has 29 heavy (non-hydrogen) atoms. The number of rotatable bonds is 7. The summed E-state index contributed by atoms with van der Waals surface area (Å²) in [6.07, 6.45) is 1.50. The first-order chi connectivity index (χ1) is 14.0. The van der Waals surface area contributed by atoms with Crippen LogP contribution in [0.25, 0.3) is 0 Å². The number of carbonyl (C=O) groups is 3. The van der Waals surface area contributed by atoms with Crippen LogP contribution in [-0.4, -0.2) is 35.3 Å². The molecule has 0 aromatic heterocycles. The predicted molar refractivity (Wildman–Crippen MR) is 110 cm³/mol. The number of nitrogens with zero attached hydrogens (tertiary/aromatic N) is 1. The summed E-state index contributed by atoms with van der Waals surface area (Å²) >= 11 is 0. The lowest BCUT2D eigenvalue weighted by Crippen LogP contribution is -2.30. The first-order valence-corrected chi connectivity index (χ1v) is 9.93. The van der Waals surface area contributed by atoms with Crippen LogP contribution in [0.3, 0.4) is 0 Å². The minimum absolute atomic E-state index is 0.164. The fraction of sp³-hybridized carbons (Fsp3) is 0.348. The maximum atomic E-state index is 12.3. The number of likely N-dealkylation sites (tertiary alicyclic amines) is 1. The highest BCUT2D eigenvalue weighted by Crippen LogP contribution is 2.16. The second-order valence-electron chi connectivity index (χ2n) is 7.20. The van der Waals surface area contributed by atoms with Crippen LogP contribution in [0.5, 0.6) is 0 Å². The Balaban J connectivity index is 1.52. The minimum atomic E-state index is -0.921. The molecule has 0 aliphatic carbocycles. The van der Waals surface area contributed by atoms with E-state index in [4.69, 9.17) is 4.74 Å². The summed E-state index contributed by atoms with van der Waals surface area (Å²) in [4.78, 5) is 38.2. The summed E-state index contributed by atoms with van der Waals surface area (Å²) in [5.41, 5.74) is 3.17. The summed E-state index contributed by atoms with van der Waals surface area (Å²) < 4.78 is 5.29. The zero-order chi connectivity index (χ0) is 20.8. The van der Waals surface area contributed by atoms with Crippen LogP contribution in [0.15, 0.2) is 48.5 Å². The summed E-state index contributed by atoms with van der Waals surface area (Å²) in [5.74, 6) is -0.776. The number of anilines is 1. The van der Waals surface area contributed by atoms with Gasteiger partial charge >= 0.3 is 5.97 Å². The summed E-state index contributed by atoms with van der Waals surface area (Å²) in [6, 6.07) is 14.5. The molecule has 2 aromatic rings. The Bertz CT molecular complexity index is 875. The molecule has 2 aromatic carbocycles. The zero-order valence-electron chi connectivity index (χ0n) is 16.8. The van der Waals surface area contributed by atoms with Crippen molar-refractivity contribution in [2.24, 2.45) is 0 Å². The van der Waals surface area contributed by atoms with Crippen LogP contribution in [-0.2, 0) is 27.3 Å². The van der Waals surface area contributed by atoms with Gasteiger partial charge in [0.15, 0.2) is 6.10 Å². The molecule has 0 saturated carbocycles. The molecule has 152 valence electrons. The molecular weight excluding hydrogens is 368 g/mol. The van der Waals surface area contributed by atoms with E-state index >= 15 is 0 Å². The first kappa shape index (κ1) is 20.6. The van der Waals surface area contributed by atoms with Crippen LogP contribution >= 0.6 is 0 Å². The van der Waals surface area contributed by atoms with Gasteiger partial charge < -0.3 is 15.0 Å². The molecule has 1 atom stereocenters. The highest BCUT2D eigenvalue weighted by atomic mass is 16.5. The first-order valence-electron chi connectivity index (χ1n) is 9.93. The van der Waals surface area contributed by atoms with Gasteiger partial charge in [0.05, 0.1) is 5.56 Å². The lowest BCUT2D eigenvalue weighted by molar-refractivity contribution is -0.128. The van der Waals surface area contributed by atoms with E-state index < -0.39 is 12.1 Å². The van der Waals surface area contributed by atoms with Crippen molar-refractivity contribution in [1.29, 1.82) is 0 Å². The molecular formula is C23H26N2O4. The third-order valence-corrected chi connectivity index (χ3v) is 5.02. The van der Waals surface area contributed by atoms with Crippen molar-refractivity contribution in [2.45, 2.75) is 45.8 Å². The van der Waals surface area contributed by atoms with Gasteiger partial charge in [-0.05, 0) is 55.2 Å². The van der Waals surface area contributed by atoms with Crippen molar-refractivity contribution in [2.75, 3.05) is 11.9 Å². The average Bonchev–Trinajstić information content (AvgIpc) is 3.13. The monoisotopic (exact) mass is 394 g/mol. The van der Waals surface area contributed by atoms with Crippen LogP contribution < -0.4 is 5.32 Å². The largest absolute Gasteiger partial charge is 0.449 e. The molecule has 0 bridgehead atoms. The SMILES string of the molecule is CCc1ccc(NC(=O)C(C)OC(=O)c2ccc(CN3CCCC3=O)cc2)cc1. The van der Waals surface area contributed by atoms with Crippen molar-refractivity contribution in [1.82, 2.24) is 4.90 Å². The van der Waals surface area contributed by atoms with Gasteiger partial charge in [0.1, 0.15) is 0 Å². The van der Waals surface area contributed by atoms with Crippen LogP contribution in [0.2, 0.25) is 0 Å². The number of esters is 1.